The molecule has 18 heavy (non-hydrogen) atoms. The number of nitrogens with zero attached hydrogens (tertiary/aromatic N) is 3. The van der Waals surface area contributed by atoms with Crippen LogP contribution in [0.2, 0.25) is 10.3 Å². The van der Waals surface area contributed by atoms with Gasteiger partial charge in [-0.25, -0.2) is 4.98 Å². The summed E-state index contributed by atoms with van der Waals surface area (Å²) >= 11 is 11.8. The zero-order valence-corrected chi connectivity index (χ0v) is 12.2. The van der Waals surface area contributed by atoms with Crippen LogP contribution in [0.3, 0.4) is 0 Å². The van der Waals surface area contributed by atoms with Gasteiger partial charge in [-0.05, 0) is 12.0 Å². The molecular weight excluding hydrogens is 269 g/mol. The van der Waals surface area contributed by atoms with E-state index in [-0.39, 0.29) is 0 Å². The fourth-order valence-corrected chi connectivity index (χ4v) is 2.16. The average molecular weight is 286 g/mol. The van der Waals surface area contributed by atoms with Crippen molar-refractivity contribution in [1.82, 2.24) is 9.88 Å². The highest BCUT2D eigenvalue weighted by Gasteiger charge is 2.11. The van der Waals surface area contributed by atoms with E-state index in [2.05, 4.69) is 29.8 Å². The van der Waals surface area contributed by atoms with Crippen molar-refractivity contribution >= 4 is 23.2 Å². The molecule has 0 fully saturated rings. The van der Waals surface area contributed by atoms with Crippen LogP contribution in [-0.2, 0) is 6.54 Å². The van der Waals surface area contributed by atoms with E-state index in [0.29, 0.717) is 29.2 Å². The molecule has 0 N–H and O–H groups in total. The quantitative estimate of drug-likeness (QED) is 0.747. The number of pyridine rings is 1. The normalized spacial score (nSPS) is 10.9. The standard InChI is InChI=1S/C13H17Cl2N3/c1-10(2)8-18(7-3-6-16)9-11-4-5-12(14)17-13(11)15/h4-5,10H,3,7-9H2,1-2H3. The van der Waals surface area contributed by atoms with Crippen LogP contribution >= 0.6 is 23.2 Å². The van der Waals surface area contributed by atoms with Crippen molar-refractivity contribution in [3.8, 4) is 6.07 Å². The lowest BCUT2D eigenvalue weighted by atomic mass is 10.2. The Labute approximate surface area is 118 Å². The summed E-state index contributed by atoms with van der Waals surface area (Å²) in [5.74, 6) is 0.544. The minimum atomic E-state index is 0.399. The molecule has 0 bridgehead atoms. The molecule has 0 aromatic carbocycles. The molecular formula is C13H17Cl2N3. The van der Waals surface area contributed by atoms with Gasteiger partial charge in [0.1, 0.15) is 10.3 Å². The van der Waals surface area contributed by atoms with Gasteiger partial charge in [-0.2, -0.15) is 5.26 Å². The van der Waals surface area contributed by atoms with Gasteiger partial charge in [0.2, 0.25) is 0 Å². The molecule has 1 heterocycles. The maximum atomic E-state index is 8.67. The Hall–Kier alpha value is -0.820. The van der Waals surface area contributed by atoms with Gasteiger partial charge in [0, 0.05) is 31.6 Å². The molecule has 0 aliphatic carbocycles. The number of rotatable bonds is 6. The van der Waals surface area contributed by atoms with E-state index in [1.165, 1.54) is 0 Å². The molecule has 1 aromatic rings. The fourth-order valence-electron chi connectivity index (χ4n) is 1.76. The van der Waals surface area contributed by atoms with Crippen LogP contribution in [0.15, 0.2) is 12.1 Å². The minimum absolute atomic E-state index is 0.399. The number of hydrogen-bond acceptors (Lipinski definition) is 3. The molecule has 1 aromatic heterocycles. The summed E-state index contributed by atoms with van der Waals surface area (Å²) in [5.41, 5.74) is 0.944. The summed E-state index contributed by atoms with van der Waals surface area (Å²) in [6.45, 7) is 6.68. The molecule has 0 atom stereocenters. The molecule has 1 rings (SSSR count). The average Bonchev–Trinajstić information content (AvgIpc) is 2.29. The maximum Gasteiger partial charge on any atom is 0.135 e. The third-order valence-electron chi connectivity index (χ3n) is 2.45. The fraction of sp³-hybridized carbons (Fsp3) is 0.538. The smallest absolute Gasteiger partial charge is 0.135 e. The van der Waals surface area contributed by atoms with Crippen LogP contribution in [0, 0.1) is 17.2 Å². The largest absolute Gasteiger partial charge is 0.298 e. The first-order valence-corrected chi connectivity index (χ1v) is 6.68. The molecule has 0 aliphatic rings. The molecule has 5 heteroatoms. The highest BCUT2D eigenvalue weighted by atomic mass is 35.5. The van der Waals surface area contributed by atoms with E-state index >= 15 is 0 Å². The van der Waals surface area contributed by atoms with Gasteiger partial charge in [0.25, 0.3) is 0 Å². The van der Waals surface area contributed by atoms with E-state index in [1.807, 2.05) is 6.07 Å². The lowest BCUT2D eigenvalue weighted by Gasteiger charge is -2.23. The van der Waals surface area contributed by atoms with Crippen molar-refractivity contribution in [1.29, 1.82) is 5.26 Å². The SMILES string of the molecule is CC(C)CN(CCC#N)Cc1ccc(Cl)nc1Cl. The van der Waals surface area contributed by atoms with Crippen LogP contribution in [0.5, 0.6) is 0 Å². The Kier molecular flexibility index (Phi) is 6.42. The zero-order valence-electron chi connectivity index (χ0n) is 10.7. The lowest BCUT2D eigenvalue weighted by molar-refractivity contribution is 0.241. The summed E-state index contributed by atoms with van der Waals surface area (Å²) < 4.78 is 0. The van der Waals surface area contributed by atoms with Crippen molar-refractivity contribution < 1.29 is 0 Å². The third-order valence-corrected chi connectivity index (χ3v) is 2.99. The Morgan fingerprint density at radius 3 is 2.67 bits per heavy atom. The summed E-state index contributed by atoms with van der Waals surface area (Å²) in [6, 6.07) is 5.79. The van der Waals surface area contributed by atoms with E-state index in [1.54, 1.807) is 6.07 Å². The Balaban J connectivity index is 2.72. The van der Waals surface area contributed by atoms with Gasteiger partial charge >= 0.3 is 0 Å². The maximum absolute atomic E-state index is 8.67. The zero-order chi connectivity index (χ0) is 13.5. The molecule has 0 saturated heterocycles. The van der Waals surface area contributed by atoms with Gasteiger partial charge in [-0.15, -0.1) is 0 Å². The van der Waals surface area contributed by atoms with Crippen LogP contribution in [0.4, 0.5) is 0 Å². The van der Waals surface area contributed by atoms with Gasteiger partial charge in [-0.3, -0.25) is 4.90 Å². The van der Waals surface area contributed by atoms with Crippen LogP contribution in [-0.4, -0.2) is 23.0 Å². The Bertz CT molecular complexity index is 427. The molecule has 0 aliphatic heterocycles. The second-order valence-electron chi connectivity index (χ2n) is 4.62. The van der Waals surface area contributed by atoms with Gasteiger partial charge in [0.15, 0.2) is 0 Å². The van der Waals surface area contributed by atoms with Crippen LogP contribution in [0.25, 0.3) is 0 Å². The van der Waals surface area contributed by atoms with Crippen molar-refractivity contribution in [2.45, 2.75) is 26.8 Å². The second-order valence-corrected chi connectivity index (χ2v) is 5.37. The monoisotopic (exact) mass is 285 g/mol. The van der Waals surface area contributed by atoms with E-state index in [4.69, 9.17) is 28.5 Å². The molecule has 3 nitrogen and oxygen atoms in total. The van der Waals surface area contributed by atoms with Crippen molar-refractivity contribution in [3.05, 3.63) is 28.0 Å². The van der Waals surface area contributed by atoms with Gasteiger partial charge in [-0.1, -0.05) is 43.1 Å². The molecule has 0 amide bonds. The number of aromatic nitrogens is 1. The Morgan fingerprint density at radius 1 is 1.39 bits per heavy atom. The third kappa shape index (κ3) is 5.22. The minimum Gasteiger partial charge on any atom is -0.298 e. The number of halogens is 2. The first-order chi connectivity index (χ1) is 8.52. The summed E-state index contributed by atoms with van der Waals surface area (Å²) in [6.07, 6.45) is 0.519. The number of hydrogen-bond donors (Lipinski definition) is 0. The van der Waals surface area contributed by atoms with Crippen molar-refractivity contribution in [2.75, 3.05) is 13.1 Å². The van der Waals surface area contributed by atoms with E-state index in [0.717, 1.165) is 18.7 Å². The Morgan fingerprint density at radius 2 is 2.11 bits per heavy atom. The molecule has 0 spiro atoms. The van der Waals surface area contributed by atoms with Gasteiger partial charge in [0.05, 0.1) is 6.07 Å². The van der Waals surface area contributed by atoms with Crippen molar-refractivity contribution in [2.24, 2.45) is 5.92 Å². The summed E-state index contributed by atoms with van der Waals surface area (Å²) in [5, 5.41) is 9.51. The predicted octanol–water partition coefficient (Wildman–Crippen LogP) is 3.76. The first kappa shape index (κ1) is 15.2. The summed E-state index contributed by atoms with van der Waals surface area (Å²) in [7, 11) is 0. The first-order valence-electron chi connectivity index (χ1n) is 5.93. The highest BCUT2D eigenvalue weighted by molar-refractivity contribution is 6.32. The topological polar surface area (TPSA) is 39.9 Å². The van der Waals surface area contributed by atoms with Crippen LogP contribution in [0.1, 0.15) is 25.8 Å². The molecule has 0 radical (unpaired) electrons. The molecule has 0 saturated carbocycles. The summed E-state index contributed by atoms with van der Waals surface area (Å²) in [4.78, 5) is 6.24. The predicted molar refractivity (Wildman–Crippen MR) is 74.6 cm³/mol. The molecule has 0 unspecified atom stereocenters. The number of nitriles is 1. The second kappa shape index (κ2) is 7.58. The van der Waals surface area contributed by atoms with Crippen molar-refractivity contribution in [3.63, 3.8) is 0 Å². The lowest BCUT2D eigenvalue weighted by Crippen LogP contribution is -2.28. The van der Waals surface area contributed by atoms with E-state index < -0.39 is 0 Å². The van der Waals surface area contributed by atoms with E-state index in [9.17, 15) is 0 Å². The van der Waals surface area contributed by atoms with Crippen LogP contribution < -0.4 is 0 Å². The molecule has 98 valence electrons. The van der Waals surface area contributed by atoms with Gasteiger partial charge < -0.3 is 0 Å². The highest BCUT2D eigenvalue weighted by Crippen LogP contribution is 2.19.